The smallest absolute Gasteiger partial charge is 0.217 e. The molecule has 3 aromatic rings. The number of rotatable bonds is 9. The van der Waals surface area contributed by atoms with Crippen LogP contribution in [0.2, 0.25) is 0 Å². The van der Waals surface area contributed by atoms with Crippen molar-refractivity contribution in [1.82, 2.24) is 9.88 Å². The van der Waals surface area contributed by atoms with Crippen LogP contribution in [0.5, 0.6) is 11.5 Å². The monoisotopic (exact) mass is 376 g/mol. The van der Waals surface area contributed by atoms with Crippen LogP contribution < -0.4 is 14.2 Å². The Bertz CT molecular complexity index is 951. The van der Waals surface area contributed by atoms with Crippen molar-refractivity contribution in [3.63, 3.8) is 0 Å². The first-order valence-electron chi connectivity index (χ1n) is 8.23. The van der Waals surface area contributed by atoms with Gasteiger partial charge in [0.1, 0.15) is 29.6 Å². The summed E-state index contributed by atoms with van der Waals surface area (Å²) in [6.45, 7) is 2.89. The van der Waals surface area contributed by atoms with Crippen LogP contribution in [0.25, 0.3) is 11.0 Å². The van der Waals surface area contributed by atoms with E-state index in [0.29, 0.717) is 29.0 Å². The van der Waals surface area contributed by atoms with Gasteiger partial charge in [0, 0.05) is 11.9 Å². The molecule has 1 N–H and O–H groups in total. The minimum absolute atomic E-state index is 0.158. The summed E-state index contributed by atoms with van der Waals surface area (Å²) >= 11 is 0. The highest BCUT2D eigenvalue weighted by Crippen LogP contribution is 2.19. The topological polar surface area (TPSA) is 90.7 Å². The Kier molecular flexibility index (Phi) is 5.75. The van der Waals surface area contributed by atoms with E-state index in [-0.39, 0.29) is 18.9 Å². The van der Waals surface area contributed by atoms with Crippen LogP contribution in [0.1, 0.15) is 12.6 Å². The molecule has 138 valence electrons. The molecule has 26 heavy (non-hydrogen) atoms. The van der Waals surface area contributed by atoms with Crippen LogP contribution in [0.3, 0.4) is 0 Å². The van der Waals surface area contributed by atoms with E-state index in [1.807, 2.05) is 19.1 Å². The molecule has 2 aromatic carbocycles. The van der Waals surface area contributed by atoms with Crippen molar-refractivity contribution in [3.05, 3.63) is 54.2 Å². The average Bonchev–Trinajstić information content (AvgIpc) is 3.03. The maximum absolute atomic E-state index is 12.2. The van der Waals surface area contributed by atoms with E-state index in [4.69, 9.17) is 14.0 Å². The van der Waals surface area contributed by atoms with Crippen LogP contribution in [0, 0.1) is 0 Å². The van der Waals surface area contributed by atoms with Crippen LogP contribution >= 0.6 is 0 Å². The van der Waals surface area contributed by atoms with Gasteiger partial charge >= 0.3 is 0 Å². The predicted octanol–water partition coefficient (Wildman–Crippen LogP) is 2.72. The lowest BCUT2D eigenvalue weighted by Crippen LogP contribution is -2.29. The summed E-state index contributed by atoms with van der Waals surface area (Å²) in [4.78, 5) is 0. The van der Waals surface area contributed by atoms with Gasteiger partial charge in [0.05, 0.1) is 6.61 Å². The van der Waals surface area contributed by atoms with Crippen molar-refractivity contribution in [1.29, 1.82) is 0 Å². The summed E-state index contributed by atoms with van der Waals surface area (Å²) in [7, 11) is -3.54. The van der Waals surface area contributed by atoms with Gasteiger partial charge in [0.25, 0.3) is 0 Å². The first kappa shape index (κ1) is 18.2. The first-order chi connectivity index (χ1) is 12.6. The van der Waals surface area contributed by atoms with E-state index >= 15 is 0 Å². The van der Waals surface area contributed by atoms with Crippen molar-refractivity contribution >= 4 is 21.0 Å². The molecular weight excluding hydrogens is 356 g/mol. The molecule has 7 nitrogen and oxygen atoms in total. The second-order valence-corrected chi connectivity index (χ2v) is 7.34. The van der Waals surface area contributed by atoms with Crippen LogP contribution in [-0.4, -0.2) is 33.3 Å². The van der Waals surface area contributed by atoms with Crippen molar-refractivity contribution in [2.24, 2.45) is 0 Å². The fraction of sp³-hybridized carbons (Fsp3) is 0.278. The molecule has 0 radical (unpaired) electrons. The zero-order valence-corrected chi connectivity index (χ0v) is 15.2. The number of nitrogens with one attached hydrogen (secondary N) is 1. The molecule has 0 aliphatic rings. The number of fused-ring (bicyclic) bond motifs is 1. The third kappa shape index (κ3) is 4.74. The van der Waals surface area contributed by atoms with Crippen LogP contribution in [-0.2, 0) is 15.8 Å². The Balaban J connectivity index is 1.49. The molecule has 0 spiro atoms. The third-order valence-corrected chi connectivity index (χ3v) is 4.90. The van der Waals surface area contributed by atoms with Gasteiger partial charge in [-0.15, -0.1) is 0 Å². The summed E-state index contributed by atoms with van der Waals surface area (Å²) in [6, 6.07) is 14.3. The van der Waals surface area contributed by atoms with Gasteiger partial charge in [-0.2, -0.15) is 0 Å². The lowest BCUT2D eigenvalue weighted by Gasteiger charge is -2.09. The molecule has 1 aromatic heterocycles. The normalized spacial score (nSPS) is 11.6. The molecule has 0 aliphatic heterocycles. The summed E-state index contributed by atoms with van der Waals surface area (Å²) in [5.74, 6) is 1.17. The predicted molar refractivity (Wildman–Crippen MR) is 97.7 cm³/mol. The number of hydrogen-bond donors (Lipinski definition) is 1. The molecule has 0 aliphatic carbocycles. The highest BCUT2D eigenvalue weighted by Gasteiger charge is 2.17. The molecule has 0 bridgehead atoms. The Morgan fingerprint density at radius 2 is 1.73 bits per heavy atom. The van der Waals surface area contributed by atoms with Crippen LogP contribution in [0.4, 0.5) is 0 Å². The largest absolute Gasteiger partial charge is 0.494 e. The van der Waals surface area contributed by atoms with E-state index in [0.717, 1.165) is 5.75 Å². The summed E-state index contributed by atoms with van der Waals surface area (Å²) < 4.78 is 42.9. The number of aromatic nitrogens is 1. The molecule has 0 fully saturated rings. The zero-order chi connectivity index (χ0) is 18.4. The quantitative estimate of drug-likeness (QED) is 0.578. The second kappa shape index (κ2) is 8.20. The molecule has 0 saturated carbocycles. The number of benzene rings is 2. The second-order valence-electron chi connectivity index (χ2n) is 5.53. The van der Waals surface area contributed by atoms with Crippen molar-refractivity contribution in [3.8, 4) is 11.5 Å². The van der Waals surface area contributed by atoms with Gasteiger partial charge in [-0.3, -0.25) is 0 Å². The van der Waals surface area contributed by atoms with E-state index in [9.17, 15) is 8.42 Å². The molecule has 8 heteroatoms. The zero-order valence-electron chi connectivity index (χ0n) is 14.3. The molecule has 0 unspecified atom stereocenters. The van der Waals surface area contributed by atoms with Gasteiger partial charge in [-0.25, -0.2) is 13.1 Å². The van der Waals surface area contributed by atoms with E-state index in [1.165, 1.54) is 0 Å². The van der Waals surface area contributed by atoms with Gasteiger partial charge in [-0.05, 0) is 43.3 Å². The first-order valence-corrected chi connectivity index (χ1v) is 9.89. The standard InChI is InChI=1S/C18H20N2O5S/c1-2-23-14-7-9-15(10-8-14)24-12-11-19-26(21,22)13-17-16-5-3-4-6-18(16)25-20-17/h3-10,19H,2,11-13H2,1H3. The van der Waals surface area contributed by atoms with Crippen molar-refractivity contribution in [2.75, 3.05) is 19.8 Å². The minimum Gasteiger partial charge on any atom is -0.494 e. The Hall–Kier alpha value is -2.58. The number of nitrogens with zero attached hydrogens (tertiary/aromatic N) is 1. The summed E-state index contributed by atoms with van der Waals surface area (Å²) in [6.07, 6.45) is 0. The third-order valence-electron chi connectivity index (χ3n) is 3.61. The highest BCUT2D eigenvalue weighted by atomic mass is 32.2. The maximum Gasteiger partial charge on any atom is 0.217 e. The molecule has 3 rings (SSSR count). The average molecular weight is 376 g/mol. The van der Waals surface area contributed by atoms with E-state index in [1.54, 1.807) is 36.4 Å². The Morgan fingerprint density at radius 1 is 1.04 bits per heavy atom. The molecule has 0 amide bonds. The molecule has 0 atom stereocenters. The van der Waals surface area contributed by atoms with E-state index in [2.05, 4.69) is 9.88 Å². The van der Waals surface area contributed by atoms with Gasteiger partial charge < -0.3 is 14.0 Å². The van der Waals surface area contributed by atoms with Crippen molar-refractivity contribution in [2.45, 2.75) is 12.7 Å². The Labute approximate surface area is 151 Å². The fourth-order valence-electron chi connectivity index (χ4n) is 2.44. The number of sulfonamides is 1. The fourth-order valence-corrected chi connectivity index (χ4v) is 3.50. The molecule has 0 saturated heterocycles. The van der Waals surface area contributed by atoms with Gasteiger partial charge in [-0.1, -0.05) is 17.3 Å². The SMILES string of the molecule is CCOc1ccc(OCCNS(=O)(=O)Cc2noc3ccccc23)cc1. The lowest BCUT2D eigenvalue weighted by atomic mass is 10.2. The lowest BCUT2D eigenvalue weighted by molar-refractivity contribution is 0.319. The number of hydrogen-bond acceptors (Lipinski definition) is 6. The maximum atomic E-state index is 12.2. The molecule has 1 heterocycles. The van der Waals surface area contributed by atoms with Crippen LogP contribution in [0.15, 0.2) is 53.1 Å². The number of ether oxygens (including phenoxy) is 2. The summed E-state index contributed by atoms with van der Waals surface area (Å²) in [5.41, 5.74) is 0.956. The van der Waals surface area contributed by atoms with E-state index < -0.39 is 10.0 Å². The van der Waals surface area contributed by atoms with Gasteiger partial charge in [0.2, 0.25) is 10.0 Å². The van der Waals surface area contributed by atoms with Crippen molar-refractivity contribution < 1.29 is 22.4 Å². The van der Waals surface area contributed by atoms with Gasteiger partial charge in [0.15, 0.2) is 5.58 Å². The number of para-hydroxylation sites is 1. The molecular formula is C18H20N2O5S. The summed E-state index contributed by atoms with van der Waals surface area (Å²) in [5, 5.41) is 4.54. The highest BCUT2D eigenvalue weighted by molar-refractivity contribution is 7.88. The Morgan fingerprint density at radius 3 is 2.46 bits per heavy atom. The minimum atomic E-state index is -3.54.